The summed E-state index contributed by atoms with van der Waals surface area (Å²) in [6, 6.07) is 10.9. The van der Waals surface area contributed by atoms with Crippen molar-refractivity contribution in [3.8, 4) is 0 Å². The second-order valence-corrected chi connectivity index (χ2v) is 5.49. The quantitative estimate of drug-likeness (QED) is 0.516. The minimum atomic E-state index is -1.01. The van der Waals surface area contributed by atoms with Gasteiger partial charge in [0.15, 0.2) is 0 Å². The number of anilines is 2. The van der Waals surface area contributed by atoms with Crippen molar-refractivity contribution < 1.29 is 28.3 Å². The van der Waals surface area contributed by atoms with Gasteiger partial charge in [0, 0.05) is 11.4 Å². The summed E-state index contributed by atoms with van der Waals surface area (Å²) in [4.78, 5) is 46.9. The van der Waals surface area contributed by atoms with Gasteiger partial charge in [0.25, 0.3) is 0 Å². The summed E-state index contributed by atoms with van der Waals surface area (Å²) in [6.45, 7) is 1.49. The SMILES string of the molecule is CCOC(=O)c1ccc(NC(=O)C(=O)NCC(=O)Nc2ccc(F)cc2)cc1. The molecule has 0 unspecified atom stereocenters. The van der Waals surface area contributed by atoms with Gasteiger partial charge in [0.2, 0.25) is 5.91 Å². The number of esters is 1. The van der Waals surface area contributed by atoms with Crippen LogP contribution in [0.25, 0.3) is 0 Å². The molecular formula is C19H18FN3O5. The van der Waals surface area contributed by atoms with Gasteiger partial charge in [-0.25, -0.2) is 9.18 Å². The Morgan fingerprint density at radius 2 is 1.43 bits per heavy atom. The summed E-state index contributed by atoms with van der Waals surface area (Å²) < 4.78 is 17.6. The Kier molecular flexibility index (Phi) is 7.21. The highest BCUT2D eigenvalue weighted by Crippen LogP contribution is 2.11. The molecule has 0 aliphatic carbocycles. The van der Waals surface area contributed by atoms with Gasteiger partial charge in [-0.1, -0.05) is 0 Å². The molecule has 0 aromatic heterocycles. The number of ether oxygens (including phenoxy) is 1. The average Bonchev–Trinajstić information content (AvgIpc) is 2.68. The van der Waals surface area contributed by atoms with Crippen molar-refractivity contribution in [2.24, 2.45) is 0 Å². The molecule has 0 aliphatic heterocycles. The zero-order valence-corrected chi connectivity index (χ0v) is 15.0. The van der Waals surface area contributed by atoms with Crippen molar-refractivity contribution in [3.05, 3.63) is 59.9 Å². The molecule has 0 radical (unpaired) electrons. The summed E-state index contributed by atoms with van der Waals surface area (Å²) in [5.74, 6) is -3.50. The molecule has 2 rings (SSSR count). The van der Waals surface area contributed by atoms with Crippen LogP contribution < -0.4 is 16.0 Å². The maximum atomic E-state index is 12.8. The van der Waals surface area contributed by atoms with Crippen LogP contribution in [0.3, 0.4) is 0 Å². The number of hydrogen-bond donors (Lipinski definition) is 3. The molecule has 0 aliphatic rings. The van der Waals surface area contributed by atoms with Crippen LogP contribution >= 0.6 is 0 Å². The van der Waals surface area contributed by atoms with Crippen LogP contribution in [-0.4, -0.2) is 36.8 Å². The van der Waals surface area contributed by atoms with Crippen LogP contribution in [0.15, 0.2) is 48.5 Å². The lowest BCUT2D eigenvalue weighted by Gasteiger charge is -2.08. The molecular weight excluding hydrogens is 369 g/mol. The monoisotopic (exact) mass is 387 g/mol. The fourth-order valence-electron chi connectivity index (χ4n) is 2.07. The van der Waals surface area contributed by atoms with Crippen LogP contribution in [0.1, 0.15) is 17.3 Å². The second kappa shape index (κ2) is 9.81. The van der Waals surface area contributed by atoms with Gasteiger partial charge in [0.05, 0.1) is 18.7 Å². The van der Waals surface area contributed by atoms with Gasteiger partial charge in [-0.15, -0.1) is 0 Å². The highest BCUT2D eigenvalue weighted by Gasteiger charge is 2.15. The molecule has 0 saturated carbocycles. The Labute approximate surface area is 160 Å². The minimum Gasteiger partial charge on any atom is -0.462 e. The molecule has 0 bridgehead atoms. The van der Waals surface area contributed by atoms with E-state index in [1.54, 1.807) is 6.92 Å². The number of amides is 3. The summed E-state index contributed by atoms with van der Waals surface area (Å²) >= 11 is 0. The van der Waals surface area contributed by atoms with Crippen LogP contribution in [-0.2, 0) is 19.1 Å². The van der Waals surface area contributed by atoms with Crippen LogP contribution in [0.2, 0.25) is 0 Å². The number of rotatable bonds is 6. The fourth-order valence-corrected chi connectivity index (χ4v) is 2.07. The predicted octanol–water partition coefficient (Wildman–Crippen LogP) is 1.70. The molecule has 0 fully saturated rings. The van der Waals surface area contributed by atoms with E-state index in [4.69, 9.17) is 4.74 Å². The van der Waals surface area contributed by atoms with Gasteiger partial charge in [-0.3, -0.25) is 14.4 Å². The lowest BCUT2D eigenvalue weighted by molar-refractivity contribution is -0.136. The maximum Gasteiger partial charge on any atom is 0.338 e. The first-order valence-corrected chi connectivity index (χ1v) is 8.31. The molecule has 0 atom stereocenters. The first-order chi connectivity index (χ1) is 13.4. The number of hydrogen-bond acceptors (Lipinski definition) is 5. The number of benzene rings is 2. The molecule has 3 amide bonds. The Morgan fingerprint density at radius 1 is 0.857 bits per heavy atom. The van der Waals surface area contributed by atoms with E-state index < -0.39 is 36.1 Å². The van der Waals surface area contributed by atoms with Crippen molar-refractivity contribution in [2.75, 3.05) is 23.8 Å². The lowest BCUT2D eigenvalue weighted by atomic mass is 10.2. The number of halogens is 1. The Balaban J connectivity index is 1.80. The van der Waals surface area contributed by atoms with Crippen LogP contribution in [0.5, 0.6) is 0 Å². The highest BCUT2D eigenvalue weighted by atomic mass is 19.1. The molecule has 2 aromatic rings. The Hall–Kier alpha value is -3.75. The molecule has 28 heavy (non-hydrogen) atoms. The third kappa shape index (κ3) is 6.20. The van der Waals surface area contributed by atoms with Gasteiger partial charge < -0.3 is 20.7 Å². The normalized spacial score (nSPS) is 9.93. The summed E-state index contributed by atoms with van der Waals surface area (Å²) in [5.41, 5.74) is 0.956. The van der Waals surface area contributed by atoms with Gasteiger partial charge >= 0.3 is 17.8 Å². The average molecular weight is 387 g/mol. The molecule has 0 heterocycles. The van der Waals surface area contributed by atoms with E-state index in [9.17, 15) is 23.6 Å². The fraction of sp³-hybridized carbons (Fsp3) is 0.158. The number of nitrogens with one attached hydrogen (secondary N) is 3. The van der Waals surface area contributed by atoms with Crippen molar-refractivity contribution in [2.45, 2.75) is 6.92 Å². The van der Waals surface area contributed by atoms with E-state index in [1.165, 1.54) is 48.5 Å². The van der Waals surface area contributed by atoms with Crippen molar-refractivity contribution >= 4 is 35.1 Å². The summed E-state index contributed by atoms with van der Waals surface area (Å²) in [5, 5.41) is 6.96. The predicted molar refractivity (Wildman–Crippen MR) is 99.1 cm³/mol. The van der Waals surface area contributed by atoms with Crippen molar-refractivity contribution in [3.63, 3.8) is 0 Å². The number of carbonyl (C=O) groups excluding carboxylic acids is 4. The lowest BCUT2D eigenvalue weighted by Crippen LogP contribution is -2.39. The highest BCUT2D eigenvalue weighted by molar-refractivity contribution is 6.39. The molecule has 2 aromatic carbocycles. The van der Waals surface area contributed by atoms with E-state index in [0.29, 0.717) is 16.9 Å². The molecule has 0 spiro atoms. The molecule has 8 nitrogen and oxygen atoms in total. The van der Waals surface area contributed by atoms with E-state index in [1.807, 2.05) is 0 Å². The largest absolute Gasteiger partial charge is 0.462 e. The van der Waals surface area contributed by atoms with Crippen molar-refractivity contribution in [1.29, 1.82) is 0 Å². The van der Waals surface area contributed by atoms with Crippen LogP contribution in [0, 0.1) is 5.82 Å². The molecule has 146 valence electrons. The van der Waals surface area contributed by atoms with Gasteiger partial charge in [-0.2, -0.15) is 0 Å². The topological polar surface area (TPSA) is 114 Å². The third-order valence-corrected chi connectivity index (χ3v) is 3.40. The Bertz CT molecular complexity index is 866. The Morgan fingerprint density at radius 3 is 2.04 bits per heavy atom. The van der Waals surface area contributed by atoms with Crippen molar-refractivity contribution in [1.82, 2.24) is 5.32 Å². The second-order valence-electron chi connectivity index (χ2n) is 5.49. The molecule has 0 saturated heterocycles. The standard InChI is InChI=1S/C19H18FN3O5/c1-2-28-19(27)12-3-7-15(8-4-12)23-18(26)17(25)21-11-16(24)22-14-9-5-13(20)6-10-14/h3-10H,2,11H2,1H3,(H,21,25)(H,22,24)(H,23,26). The summed E-state index contributed by atoms with van der Waals surface area (Å²) in [6.07, 6.45) is 0. The smallest absolute Gasteiger partial charge is 0.338 e. The van der Waals surface area contributed by atoms with E-state index in [2.05, 4.69) is 16.0 Å². The maximum absolute atomic E-state index is 12.8. The van der Waals surface area contributed by atoms with Gasteiger partial charge in [-0.05, 0) is 55.5 Å². The first-order valence-electron chi connectivity index (χ1n) is 8.31. The summed E-state index contributed by atoms with van der Waals surface area (Å²) in [7, 11) is 0. The number of carbonyl (C=O) groups is 4. The van der Waals surface area contributed by atoms with E-state index in [0.717, 1.165) is 0 Å². The van der Waals surface area contributed by atoms with E-state index in [-0.39, 0.29) is 6.61 Å². The first kappa shape index (κ1) is 20.6. The van der Waals surface area contributed by atoms with E-state index >= 15 is 0 Å². The zero-order chi connectivity index (χ0) is 20.5. The zero-order valence-electron chi connectivity index (χ0n) is 15.0. The minimum absolute atomic E-state index is 0.242. The molecule has 9 heteroatoms. The van der Waals surface area contributed by atoms with Gasteiger partial charge in [0.1, 0.15) is 5.82 Å². The third-order valence-electron chi connectivity index (χ3n) is 3.40. The molecule has 3 N–H and O–H groups in total. The van der Waals surface area contributed by atoms with Crippen LogP contribution in [0.4, 0.5) is 15.8 Å².